The summed E-state index contributed by atoms with van der Waals surface area (Å²) in [5.74, 6) is 0.708. The molecule has 0 saturated carbocycles. The quantitative estimate of drug-likeness (QED) is 0.558. The van der Waals surface area contributed by atoms with Gasteiger partial charge in [-0.15, -0.1) is 5.10 Å². The summed E-state index contributed by atoms with van der Waals surface area (Å²) < 4.78 is 28.4. The van der Waals surface area contributed by atoms with E-state index in [9.17, 15) is 14.0 Å². The summed E-state index contributed by atoms with van der Waals surface area (Å²) in [5, 5.41) is 23.0. The monoisotopic (exact) mass is 494 g/mol. The zero-order valence-corrected chi connectivity index (χ0v) is 21.5. The summed E-state index contributed by atoms with van der Waals surface area (Å²) in [7, 11) is 3.57. The highest BCUT2D eigenvalue weighted by Crippen LogP contribution is 2.37. The molecule has 2 aliphatic heterocycles. The van der Waals surface area contributed by atoms with Crippen LogP contribution < -0.4 is 4.90 Å². The number of hydrogen-bond acceptors (Lipinski definition) is 11. The first-order valence-corrected chi connectivity index (χ1v) is 10.5. The van der Waals surface area contributed by atoms with E-state index in [1.54, 1.807) is 14.3 Å². The molecule has 0 amide bonds. The zero-order valence-electron chi connectivity index (χ0n) is 22.5. The number of rotatable bonds is 2. The number of aromatic nitrogens is 8. The Hall–Kier alpha value is -3.71. The van der Waals surface area contributed by atoms with E-state index < -0.39 is 18.2 Å². The fourth-order valence-corrected chi connectivity index (χ4v) is 4.35. The lowest BCUT2D eigenvalue weighted by Gasteiger charge is -2.36. The summed E-state index contributed by atoms with van der Waals surface area (Å²) in [6, 6.07) is 0. The highest BCUT2D eigenvalue weighted by atomic mass is 19.1. The molecule has 0 N–H and O–H groups in total. The third-order valence-corrected chi connectivity index (χ3v) is 6.06. The maximum Gasteiger partial charge on any atom is 0.337 e. The number of carbonyl (C=O) groups excluding carboxylic acids is 2. The minimum atomic E-state index is -1.00. The Morgan fingerprint density at radius 2 is 1.43 bits per heavy atom. The summed E-state index contributed by atoms with van der Waals surface area (Å²) in [6.07, 6.45) is 0.584. The third-order valence-electron chi connectivity index (χ3n) is 6.06. The Kier molecular flexibility index (Phi) is 7.60. The molecule has 0 unspecified atom stereocenters. The van der Waals surface area contributed by atoms with Crippen molar-refractivity contribution in [3.8, 4) is 0 Å². The lowest BCUT2D eigenvalue weighted by molar-refractivity contribution is -0.138. The van der Waals surface area contributed by atoms with E-state index in [1.807, 2.05) is 48.6 Å². The second kappa shape index (κ2) is 10.3. The number of ether oxygens (including phenoxy) is 2. The summed E-state index contributed by atoms with van der Waals surface area (Å²) >= 11 is 0. The summed E-state index contributed by atoms with van der Waals surface area (Å²) in [4.78, 5) is 25.4. The van der Waals surface area contributed by atoms with Gasteiger partial charge in [-0.1, -0.05) is 10.7 Å². The lowest BCUT2D eigenvalue weighted by Crippen LogP contribution is -2.43. The Balaban J connectivity index is 0.000000229. The van der Waals surface area contributed by atoms with Crippen LogP contribution >= 0.6 is 0 Å². The molecule has 2 aliphatic rings. The number of carbonyl (C=O) groups is 2. The van der Waals surface area contributed by atoms with E-state index in [1.165, 1.54) is 14.2 Å². The molecule has 2 aromatic heterocycles. The van der Waals surface area contributed by atoms with Gasteiger partial charge in [0.25, 0.3) is 0 Å². The molecule has 0 bridgehead atoms. The molecule has 0 radical (unpaired) electrons. The lowest BCUT2D eigenvalue weighted by atomic mass is 9.86. The normalized spacial score (nSPS) is 17.7. The molecule has 2 aromatic rings. The van der Waals surface area contributed by atoms with Gasteiger partial charge in [-0.2, -0.15) is 0 Å². The standard InChI is InChI=1S/C10H15N5O2.C10H14N4O2.CH3F/c1-6-7(8(16)17-5)10(2,3)15-9(14(6)4)11-12-13-15;1-6-5-7-11-12-13-14(7)10(2,3)8(6)9(15)16-4;1-2/h1-5H3;5H2,1-4H3;1H3/i;;1D. The molecule has 0 aromatic carbocycles. The average Bonchev–Trinajstić information content (AvgIpc) is 3.49. The molecule has 0 fully saturated rings. The molecule has 0 atom stereocenters. The molecule has 0 spiro atoms. The Morgan fingerprint density at radius 3 is 2.00 bits per heavy atom. The molecule has 0 saturated heterocycles. The van der Waals surface area contributed by atoms with E-state index in [-0.39, 0.29) is 11.9 Å². The molecular weight excluding hydrogens is 461 g/mol. The molecule has 35 heavy (non-hydrogen) atoms. The highest BCUT2D eigenvalue weighted by Gasteiger charge is 2.42. The fraction of sp³-hybridized carbons (Fsp3) is 0.619. The minimum Gasteiger partial charge on any atom is -0.466 e. The van der Waals surface area contributed by atoms with Crippen LogP contribution in [0.25, 0.3) is 0 Å². The van der Waals surface area contributed by atoms with Crippen molar-refractivity contribution in [2.75, 3.05) is 33.3 Å². The van der Waals surface area contributed by atoms with Gasteiger partial charge in [-0.05, 0) is 62.4 Å². The maximum atomic E-state index is 11.9. The molecule has 13 nitrogen and oxygen atoms in total. The van der Waals surface area contributed by atoms with Gasteiger partial charge in [-0.3, -0.25) is 4.39 Å². The number of halogens is 1. The van der Waals surface area contributed by atoms with E-state index in [0.29, 0.717) is 23.5 Å². The number of anilines is 1. The van der Waals surface area contributed by atoms with Crippen LogP contribution in [0.15, 0.2) is 22.4 Å². The van der Waals surface area contributed by atoms with Crippen LogP contribution in [0, 0.1) is 0 Å². The van der Waals surface area contributed by atoms with Crippen molar-refractivity contribution in [3.63, 3.8) is 0 Å². The van der Waals surface area contributed by atoms with Crippen molar-refractivity contribution in [3.05, 3.63) is 28.2 Å². The zero-order chi connectivity index (χ0) is 27.4. The van der Waals surface area contributed by atoms with Crippen molar-refractivity contribution in [2.24, 2.45) is 0 Å². The molecule has 4 heterocycles. The van der Waals surface area contributed by atoms with Crippen LogP contribution in [0.3, 0.4) is 0 Å². The third kappa shape index (κ3) is 4.64. The van der Waals surface area contributed by atoms with E-state index in [0.717, 1.165) is 17.1 Å². The van der Waals surface area contributed by atoms with Gasteiger partial charge >= 0.3 is 11.9 Å². The first-order chi connectivity index (χ1) is 16.8. The van der Waals surface area contributed by atoms with Gasteiger partial charge in [-0.25, -0.2) is 19.0 Å². The highest BCUT2D eigenvalue weighted by molar-refractivity contribution is 5.92. The maximum absolute atomic E-state index is 11.9. The molecule has 0 aliphatic carbocycles. The first-order valence-electron chi connectivity index (χ1n) is 11.3. The largest absolute Gasteiger partial charge is 0.466 e. The second-order valence-electron chi connectivity index (χ2n) is 8.85. The van der Waals surface area contributed by atoms with Crippen molar-refractivity contribution in [1.29, 1.82) is 0 Å². The van der Waals surface area contributed by atoms with Crippen molar-refractivity contribution >= 4 is 17.9 Å². The van der Waals surface area contributed by atoms with Crippen LogP contribution in [0.5, 0.6) is 0 Å². The molecule has 4 rings (SSSR count). The van der Waals surface area contributed by atoms with Crippen molar-refractivity contribution in [1.82, 2.24) is 40.4 Å². The predicted octanol–water partition coefficient (Wildman–Crippen LogP) is 1.34. The number of nitrogens with zero attached hydrogens (tertiary/aromatic N) is 9. The number of alkyl halides is 1. The van der Waals surface area contributed by atoms with Crippen molar-refractivity contribution in [2.45, 2.75) is 59.0 Å². The van der Waals surface area contributed by atoms with Gasteiger partial charge in [0.1, 0.15) is 0 Å². The number of methoxy groups -OCH3 is 2. The molecule has 192 valence electrons. The minimum absolute atomic E-state index is 0.316. The number of fused-ring (bicyclic) bond motifs is 2. The van der Waals surface area contributed by atoms with Crippen LogP contribution in [0.4, 0.5) is 10.3 Å². The predicted molar refractivity (Wildman–Crippen MR) is 123 cm³/mol. The summed E-state index contributed by atoms with van der Waals surface area (Å²) in [5.41, 5.74) is 1.76. The second-order valence-corrected chi connectivity index (χ2v) is 8.85. The number of esters is 2. The molecule has 14 heteroatoms. The van der Waals surface area contributed by atoms with Crippen LogP contribution in [0.2, 0.25) is 0 Å². The van der Waals surface area contributed by atoms with Gasteiger partial charge < -0.3 is 14.4 Å². The van der Waals surface area contributed by atoms with Crippen LogP contribution in [0.1, 0.15) is 48.7 Å². The van der Waals surface area contributed by atoms with Gasteiger partial charge in [0, 0.05) is 19.2 Å². The van der Waals surface area contributed by atoms with Crippen LogP contribution in [-0.2, 0) is 36.6 Å². The smallest absolute Gasteiger partial charge is 0.337 e. The number of allylic oxidation sites excluding steroid dienone is 2. The van der Waals surface area contributed by atoms with Crippen molar-refractivity contribution < 1.29 is 24.8 Å². The summed E-state index contributed by atoms with van der Waals surface area (Å²) in [6.45, 7) is 11.3. The van der Waals surface area contributed by atoms with Gasteiger partial charge in [0.15, 0.2) is 5.82 Å². The number of hydrogen-bond donors (Lipinski definition) is 0. The Labute approximate surface area is 204 Å². The van der Waals surface area contributed by atoms with Gasteiger partial charge in [0.2, 0.25) is 5.95 Å². The Bertz CT molecular complexity index is 1190. The average molecular weight is 495 g/mol. The van der Waals surface area contributed by atoms with Crippen LogP contribution in [-0.4, -0.2) is 80.8 Å². The topological polar surface area (TPSA) is 143 Å². The van der Waals surface area contributed by atoms with E-state index in [2.05, 4.69) is 31.1 Å². The fourth-order valence-electron chi connectivity index (χ4n) is 4.35. The SMILES string of the molecule is COC(=O)C1=C(C)Cc2nnnn2C1(C)C.COC(=O)C1=C(C)N(C)c2nnnn2C1(C)C.[2H]CF. The van der Waals surface area contributed by atoms with E-state index >= 15 is 0 Å². The number of tetrazole rings is 2. The molecular formula is C21H32FN9O4. The Morgan fingerprint density at radius 1 is 0.943 bits per heavy atom. The first kappa shape index (κ1) is 25.9. The van der Waals surface area contributed by atoms with Gasteiger partial charge in [0.05, 0.1) is 45.0 Å². The van der Waals surface area contributed by atoms with E-state index in [4.69, 9.17) is 10.8 Å².